The smallest absolute Gasteiger partial charge is 0.258 e. The van der Waals surface area contributed by atoms with Crippen LogP contribution in [0, 0.1) is 0 Å². The van der Waals surface area contributed by atoms with Gasteiger partial charge in [0, 0.05) is 11.1 Å². The first-order chi connectivity index (χ1) is 10.7. The number of amides is 1. The van der Waals surface area contributed by atoms with Gasteiger partial charge >= 0.3 is 0 Å². The number of nitrogens with two attached hydrogens (primary N) is 1. The molecule has 0 unspecified atom stereocenters. The molecule has 0 atom stereocenters. The molecule has 0 fully saturated rings. The molecule has 3 aromatic rings. The summed E-state index contributed by atoms with van der Waals surface area (Å²) in [5.41, 5.74) is 9.27. The number of nitrogen functional groups attached to an aromatic ring is 1. The van der Waals surface area contributed by atoms with Crippen molar-refractivity contribution in [2.75, 3.05) is 10.6 Å². The van der Waals surface area contributed by atoms with E-state index in [2.05, 4.69) is 4.98 Å². The van der Waals surface area contributed by atoms with Crippen molar-refractivity contribution < 1.29 is 4.79 Å². The number of nitrogens with zero attached hydrogens (tertiary/aromatic N) is 2. The highest BCUT2D eigenvalue weighted by atomic mass is 32.1. The Morgan fingerprint density at radius 2 is 1.82 bits per heavy atom. The van der Waals surface area contributed by atoms with Crippen LogP contribution in [0.3, 0.4) is 0 Å². The summed E-state index contributed by atoms with van der Waals surface area (Å²) in [5.74, 6) is -0.00864. The Bertz CT molecular complexity index is 857. The summed E-state index contributed by atoms with van der Waals surface area (Å²) in [6.07, 6.45) is 0. The number of benzene rings is 2. The van der Waals surface area contributed by atoms with Crippen LogP contribution in [-0.4, -0.2) is 10.9 Å². The van der Waals surface area contributed by atoms with Gasteiger partial charge in [-0.3, -0.25) is 4.79 Å². The zero-order valence-corrected chi connectivity index (χ0v) is 12.5. The van der Waals surface area contributed by atoms with Gasteiger partial charge in [0.1, 0.15) is 0 Å². The van der Waals surface area contributed by atoms with E-state index in [4.69, 9.17) is 5.73 Å². The average molecular weight is 307 g/mol. The van der Waals surface area contributed by atoms with Crippen LogP contribution >= 0.6 is 11.3 Å². The van der Waals surface area contributed by atoms with Crippen LogP contribution in [0.5, 0.6) is 0 Å². The van der Waals surface area contributed by atoms with Crippen molar-refractivity contribution in [3.63, 3.8) is 0 Å². The van der Waals surface area contributed by atoms with Crippen LogP contribution in [-0.2, 0) is 6.54 Å². The topological polar surface area (TPSA) is 59.2 Å². The van der Waals surface area contributed by atoms with Gasteiger partial charge in [-0.05, 0) is 18.2 Å². The van der Waals surface area contributed by atoms with Crippen LogP contribution in [0.25, 0.3) is 11.3 Å². The number of aromatic nitrogens is 1. The highest BCUT2D eigenvalue weighted by Gasteiger charge is 2.29. The quantitative estimate of drug-likeness (QED) is 0.748. The molecule has 1 aromatic heterocycles. The van der Waals surface area contributed by atoms with Crippen molar-refractivity contribution in [2.45, 2.75) is 6.54 Å². The van der Waals surface area contributed by atoms with Gasteiger partial charge < -0.3 is 10.6 Å². The number of carbonyl (C=O) groups is 1. The van der Waals surface area contributed by atoms with E-state index in [0.717, 1.165) is 21.8 Å². The monoisotopic (exact) mass is 307 g/mol. The van der Waals surface area contributed by atoms with E-state index in [1.165, 1.54) is 11.3 Å². The fourth-order valence-electron chi connectivity index (χ4n) is 2.74. The fourth-order valence-corrected chi connectivity index (χ4v) is 3.58. The molecule has 4 rings (SSSR count). The van der Waals surface area contributed by atoms with Crippen molar-refractivity contribution in [1.29, 1.82) is 0 Å². The molecule has 1 aliphatic rings. The van der Waals surface area contributed by atoms with Gasteiger partial charge in [-0.25, -0.2) is 4.98 Å². The molecule has 1 aliphatic heterocycles. The van der Waals surface area contributed by atoms with Crippen molar-refractivity contribution in [3.8, 4) is 11.3 Å². The third-order valence-corrected chi connectivity index (χ3v) is 4.60. The lowest BCUT2D eigenvalue weighted by molar-refractivity contribution is 0.0985. The molecule has 2 aromatic carbocycles. The number of para-hydroxylation sites is 1. The van der Waals surface area contributed by atoms with Gasteiger partial charge in [-0.1, -0.05) is 47.7 Å². The Labute approximate surface area is 131 Å². The summed E-state index contributed by atoms with van der Waals surface area (Å²) in [5, 5.41) is 0.536. The summed E-state index contributed by atoms with van der Waals surface area (Å²) in [6.45, 7) is 0.509. The summed E-state index contributed by atoms with van der Waals surface area (Å²) in [7, 11) is 0. The standard InChI is InChI=1S/C17H13N3OS/c18-17-19-15-12-8-4-5-9-13(12)20(10-14(15)22-17)16(21)11-6-2-1-3-7-11/h1-9H,10H2,(H2,18,19). The summed E-state index contributed by atoms with van der Waals surface area (Å²) in [6, 6.07) is 17.1. The Morgan fingerprint density at radius 3 is 2.64 bits per heavy atom. The summed E-state index contributed by atoms with van der Waals surface area (Å²) < 4.78 is 0. The Kier molecular flexibility index (Phi) is 2.94. The molecule has 22 heavy (non-hydrogen) atoms. The van der Waals surface area contributed by atoms with Crippen LogP contribution in [0.1, 0.15) is 15.2 Å². The first kappa shape index (κ1) is 13.0. The largest absolute Gasteiger partial charge is 0.375 e. The predicted octanol–water partition coefficient (Wildman–Crippen LogP) is 3.55. The second kappa shape index (κ2) is 4.96. The Balaban J connectivity index is 1.84. The molecule has 2 N–H and O–H groups in total. The molecule has 0 radical (unpaired) electrons. The molecule has 0 bridgehead atoms. The van der Waals surface area contributed by atoms with E-state index in [0.29, 0.717) is 17.2 Å². The van der Waals surface area contributed by atoms with E-state index < -0.39 is 0 Å². The fraction of sp³-hybridized carbons (Fsp3) is 0.0588. The lowest BCUT2D eigenvalue weighted by atomic mass is 10.0. The minimum absolute atomic E-state index is 0.00864. The summed E-state index contributed by atoms with van der Waals surface area (Å²) >= 11 is 1.44. The Morgan fingerprint density at radius 1 is 1.09 bits per heavy atom. The molecule has 5 heteroatoms. The number of hydrogen-bond acceptors (Lipinski definition) is 4. The molecule has 2 heterocycles. The number of thiazole rings is 1. The molecular formula is C17H13N3OS. The third kappa shape index (κ3) is 1.98. The molecule has 4 nitrogen and oxygen atoms in total. The zero-order chi connectivity index (χ0) is 15.1. The molecule has 0 aliphatic carbocycles. The highest BCUT2D eigenvalue weighted by Crippen LogP contribution is 2.42. The molecule has 0 saturated heterocycles. The number of carbonyl (C=O) groups excluding carboxylic acids is 1. The number of fused-ring (bicyclic) bond motifs is 3. The van der Waals surface area contributed by atoms with Gasteiger partial charge in [-0.2, -0.15) is 0 Å². The van der Waals surface area contributed by atoms with Crippen molar-refractivity contribution in [1.82, 2.24) is 4.98 Å². The SMILES string of the molecule is Nc1nc2c(s1)CN(C(=O)c1ccccc1)c1ccccc1-2. The maximum Gasteiger partial charge on any atom is 0.258 e. The van der Waals surface area contributed by atoms with Crippen molar-refractivity contribution >= 4 is 28.1 Å². The maximum atomic E-state index is 12.9. The van der Waals surface area contributed by atoms with E-state index in [9.17, 15) is 4.79 Å². The van der Waals surface area contributed by atoms with Gasteiger partial charge in [0.15, 0.2) is 5.13 Å². The second-order valence-electron chi connectivity index (χ2n) is 5.10. The van der Waals surface area contributed by atoms with Gasteiger partial charge in [0.2, 0.25) is 0 Å². The first-order valence-electron chi connectivity index (χ1n) is 6.95. The number of rotatable bonds is 1. The predicted molar refractivity (Wildman–Crippen MR) is 88.9 cm³/mol. The molecule has 108 valence electrons. The molecule has 0 saturated carbocycles. The lowest BCUT2D eigenvalue weighted by Gasteiger charge is -2.28. The minimum Gasteiger partial charge on any atom is -0.375 e. The highest BCUT2D eigenvalue weighted by molar-refractivity contribution is 7.15. The van der Waals surface area contributed by atoms with E-state index in [1.807, 2.05) is 54.6 Å². The van der Waals surface area contributed by atoms with E-state index in [1.54, 1.807) is 4.90 Å². The van der Waals surface area contributed by atoms with Gasteiger partial charge in [-0.15, -0.1) is 0 Å². The zero-order valence-electron chi connectivity index (χ0n) is 11.7. The number of anilines is 2. The lowest BCUT2D eigenvalue weighted by Crippen LogP contribution is -2.32. The van der Waals surface area contributed by atoms with E-state index in [-0.39, 0.29) is 5.91 Å². The first-order valence-corrected chi connectivity index (χ1v) is 7.77. The number of hydrogen-bond donors (Lipinski definition) is 1. The van der Waals surface area contributed by atoms with Crippen LogP contribution in [0.15, 0.2) is 54.6 Å². The maximum absolute atomic E-state index is 12.9. The van der Waals surface area contributed by atoms with E-state index >= 15 is 0 Å². The third-order valence-electron chi connectivity index (χ3n) is 3.73. The Hall–Kier alpha value is -2.66. The van der Waals surface area contributed by atoms with Gasteiger partial charge in [0.05, 0.1) is 22.8 Å². The van der Waals surface area contributed by atoms with Crippen LogP contribution in [0.4, 0.5) is 10.8 Å². The van der Waals surface area contributed by atoms with Crippen molar-refractivity contribution in [2.24, 2.45) is 0 Å². The van der Waals surface area contributed by atoms with Crippen molar-refractivity contribution in [3.05, 3.63) is 65.0 Å². The van der Waals surface area contributed by atoms with Gasteiger partial charge in [0.25, 0.3) is 5.91 Å². The molecule has 1 amide bonds. The average Bonchev–Trinajstić information content (AvgIpc) is 2.95. The summed E-state index contributed by atoms with van der Waals surface area (Å²) in [4.78, 5) is 20.1. The molecule has 0 spiro atoms. The van der Waals surface area contributed by atoms with Crippen LogP contribution < -0.4 is 10.6 Å². The normalized spacial score (nSPS) is 12.6. The molecular weight excluding hydrogens is 294 g/mol. The minimum atomic E-state index is -0.00864. The second-order valence-corrected chi connectivity index (χ2v) is 6.21. The van der Waals surface area contributed by atoms with Crippen LogP contribution in [0.2, 0.25) is 0 Å².